The first kappa shape index (κ1) is 15.1. The van der Waals surface area contributed by atoms with Crippen LogP contribution in [0.5, 0.6) is 5.75 Å². The first-order valence-electron chi connectivity index (χ1n) is 6.01. The van der Waals surface area contributed by atoms with Gasteiger partial charge in [-0.05, 0) is 23.8 Å². The lowest BCUT2D eigenvalue weighted by Gasteiger charge is -2.10. The monoisotopic (exact) mass is 310 g/mol. The van der Waals surface area contributed by atoms with Gasteiger partial charge in [0.05, 0.1) is 28.8 Å². The van der Waals surface area contributed by atoms with Crippen molar-refractivity contribution in [3.8, 4) is 5.75 Å². The highest BCUT2D eigenvalue weighted by Crippen LogP contribution is 2.27. The van der Waals surface area contributed by atoms with Gasteiger partial charge in [0, 0.05) is 18.7 Å². The molecule has 0 unspecified atom stereocenters. The minimum atomic E-state index is -0.655. The molecule has 0 aliphatic carbocycles. The number of methoxy groups -OCH3 is 1. The smallest absolute Gasteiger partial charge is 0.272 e. The Morgan fingerprint density at radius 2 is 2.10 bits per heavy atom. The molecule has 2 aromatic carbocycles. The topological polar surface area (TPSA) is 64.4 Å². The van der Waals surface area contributed by atoms with Gasteiger partial charge in [-0.2, -0.15) is 0 Å². The van der Waals surface area contributed by atoms with Crippen LogP contribution in [-0.4, -0.2) is 12.0 Å². The Hall–Kier alpha value is -2.34. The molecule has 0 heterocycles. The summed E-state index contributed by atoms with van der Waals surface area (Å²) in [6.07, 6.45) is 0. The number of rotatable bonds is 5. The Kier molecular flexibility index (Phi) is 4.59. The molecule has 0 aromatic heterocycles. The predicted molar refractivity (Wildman–Crippen MR) is 78.4 cm³/mol. The largest absolute Gasteiger partial charge is 0.497 e. The molecule has 0 aliphatic rings. The molecule has 0 radical (unpaired) electrons. The number of halogens is 2. The summed E-state index contributed by atoms with van der Waals surface area (Å²) < 4.78 is 18.4. The van der Waals surface area contributed by atoms with Crippen LogP contribution in [0.15, 0.2) is 36.4 Å². The van der Waals surface area contributed by atoms with Gasteiger partial charge in [0.25, 0.3) is 5.69 Å². The number of hydrogen-bond donors (Lipinski definition) is 1. The SMILES string of the molecule is COc1ccc(Cl)c(NCc2cc(F)cc([N+](=O)[O-])c2)c1. The van der Waals surface area contributed by atoms with Crippen molar-refractivity contribution < 1.29 is 14.1 Å². The van der Waals surface area contributed by atoms with Gasteiger partial charge in [-0.25, -0.2) is 4.39 Å². The van der Waals surface area contributed by atoms with Crippen molar-refractivity contribution in [2.75, 3.05) is 12.4 Å². The molecule has 2 aromatic rings. The average Bonchev–Trinajstić information content (AvgIpc) is 2.46. The number of non-ortho nitro benzene ring substituents is 1. The van der Waals surface area contributed by atoms with Gasteiger partial charge in [0.2, 0.25) is 0 Å². The first-order valence-corrected chi connectivity index (χ1v) is 6.38. The number of benzene rings is 2. The molecular formula is C14H12ClFN2O3. The van der Waals surface area contributed by atoms with E-state index in [4.69, 9.17) is 16.3 Å². The highest BCUT2D eigenvalue weighted by molar-refractivity contribution is 6.33. The molecule has 1 N–H and O–H groups in total. The summed E-state index contributed by atoms with van der Waals surface area (Å²) in [6, 6.07) is 8.48. The minimum absolute atomic E-state index is 0.200. The molecule has 0 saturated carbocycles. The number of nitro benzene ring substituents is 1. The normalized spacial score (nSPS) is 10.2. The van der Waals surface area contributed by atoms with Crippen LogP contribution in [0.25, 0.3) is 0 Å². The van der Waals surface area contributed by atoms with Gasteiger partial charge < -0.3 is 10.1 Å². The summed E-state index contributed by atoms with van der Waals surface area (Å²) in [4.78, 5) is 10.1. The molecular weight excluding hydrogens is 299 g/mol. The molecule has 7 heteroatoms. The summed E-state index contributed by atoms with van der Waals surface area (Å²) >= 11 is 6.03. The zero-order chi connectivity index (χ0) is 15.4. The Morgan fingerprint density at radius 1 is 1.33 bits per heavy atom. The Bertz CT molecular complexity index is 679. The van der Waals surface area contributed by atoms with E-state index in [1.165, 1.54) is 19.2 Å². The van der Waals surface area contributed by atoms with Crippen LogP contribution in [0.3, 0.4) is 0 Å². The quantitative estimate of drug-likeness (QED) is 0.669. The molecule has 0 spiro atoms. The highest BCUT2D eigenvalue weighted by atomic mass is 35.5. The first-order chi connectivity index (χ1) is 9.99. The van der Waals surface area contributed by atoms with Gasteiger partial charge in [-0.15, -0.1) is 0 Å². The summed E-state index contributed by atoms with van der Waals surface area (Å²) in [7, 11) is 1.53. The summed E-state index contributed by atoms with van der Waals surface area (Å²) in [5.74, 6) is -0.0372. The van der Waals surface area contributed by atoms with Crippen molar-refractivity contribution in [3.63, 3.8) is 0 Å². The van der Waals surface area contributed by atoms with E-state index in [1.54, 1.807) is 18.2 Å². The zero-order valence-corrected chi connectivity index (χ0v) is 11.9. The van der Waals surface area contributed by atoms with Gasteiger partial charge in [0.15, 0.2) is 0 Å². The highest BCUT2D eigenvalue weighted by Gasteiger charge is 2.10. The fourth-order valence-corrected chi connectivity index (χ4v) is 1.99. The van der Waals surface area contributed by atoms with Crippen LogP contribution in [0.4, 0.5) is 15.8 Å². The molecule has 110 valence electrons. The van der Waals surface area contributed by atoms with Crippen LogP contribution in [0.2, 0.25) is 5.02 Å². The van der Waals surface area contributed by atoms with E-state index < -0.39 is 10.7 Å². The molecule has 0 saturated heterocycles. The van der Waals surface area contributed by atoms with Crippen molar-refractivity contribution in [1.29, 1.82) is 0 Å². The third kappa shape index (κ3) is 3.82. The number of hydrogen-bond acceptors (Lipinski definition) is 4. The van der Waals surface area contributed by atoms with Crippen molar-refractivity contribution in [2.24, 2.45) is 0 Å². The van der Waals surface area contributed by atoms with E-state index in [9.17, 15) is 14.5 Å². The van der Waals surface area contributed by atoms with E-state index in [-0.39, 0.29) is 12.2 Å². The maximum atomic E-state index is 13.3. The number of nitrogens with one attached hydrogen (secondary N) is 1. The van der Waals surface area contributed by atoms with Crippen LogP contribution in [0, 0.1) is 15.9 Å². The van der Waals surface area contributed by atoms with Crippen LogP contribution < -0.4 is 10.1 Å². The van der Waals surface area contributed by atoms with Crippen molar-refractivity contribution in [2.45, 2.75) is 6.54 Å². The fraction of sp³-hybridized carbons (Fsp3) is 0.143. The summed E-state index contributed by atoms with van der Waals surface area (Å²) in [5.41, 5.74) is 0.757. The van der Waals surface area contributed by atoms with Crippen LogP contribution in [-0.2, 0) is 6.54 Å². The maximum Gasteiger partial charge on any atom is 0.272 e. The molecule has 0 amide bonds. The fourth-order valence-electron chi connectivity index (χ4n) is 1.80. The number of nitrogens with zero attached hydrogens (tertiary/aromatic N) is 1. The van der Waals surface area contributed by atoms with Crippen molar-refractivity contribution in [3.05, 3.63) is 62.9 Å². The number of anilines is 1. The van der Waals surface area contributed by atoms with Crippen molar-refractivity contribution in [1.82, 2.24) is 0 Å². The Labute approximate surface area is 125 Å². The van der Waals surface area contributed by atoms with Gasteiger partial charge in [0.1, 0.15) is 11.6 Å². The summed E-state index contributed by atoms with van der Waals surface area (Å²) in [5, 5.41) is 14.2. The van der Waals surface area contributed by atoms with Crippen LogP contribution in [0.1, 0.15) is 5.56 Å². The maximum absolute atomic E-state index is 13.3. The number of nitro groups is 1. The lowest BCUT2D eigenvalue weighted by atomic mass is 10.2. The molecule has 21 heavy (non-hydrogen) atoms. The molecule has 0 atom stereocenters. The van der Waals surface area contributed by atoms with Crippen molar-refractivity contribution >= 4 is 23.0 Å². The van der Waals surface area contributed by atoms with E-state index in [1.807, 2.05) is 0 Å². The standard InChI is InChI=1S/C14H12ClFN2O3/c1-21-12-2-3-13(15)14(7-12)17-8-9-4-10(16)6-11(5-9)18(19)20/h2-7,17H,8H2,1H3. The Balaban J connectivity index is 2.18. The lowest BCUT2D eigenvalue weighted by molar-refractivity contribution is -0.385. The molecule has 0 aliphatic heterocycles. The predicted octanol–water partition coefficient (Wildman–Crippen LogP) is 4.01. The van der Waals surface area contributed by atoms with Gasteiger partial charge in [-0.3, -0.25) is 10.1 Å². The van der Waals surface area contributed by atoms with Gasteiger partial charge in [-0.1, -0.05) is 11.6 Å². The molecule has 5 nitrogen and oxygen atoms in total. The minimum Gasteiger partial charge on any atom is -0.497 e. The van der Waals surface area contributed by atoms with E-state index >= 15 is 0 Å². The molecule has 0 fully saturated rings. The molecule has 2 rings (SSSR count). The average molecular weight is 311 g/mol. The zero-order valence-electron chi connectivity index (χ0n) is 11.1. The second kappa shape index (κ2) is 6.41. The second-order valence-electron chi connectivity index (χ2n) is 4.27. The number of ether oxygens (including phenoxy) is 1. The third-order valence-electron chi connectivity index (χ3n) is 2.81. The van der Waals surface area contributed by atoms with Crippen LogP contribution >= 0.6 is 11.6 Å². The van der Waals surface area contributed by atoms with E-state index in [0.717, 1.165) is 6.07 Å². The summed E-state index contributed by atoms with van der Waals surface area (Å²) in [6.45, 7) is 0.200. The van der Waals surface area contributed by atoms with Gasteiger partial charge >= 0.3 is 0 Å². The third-order valence-corrected chi connectivity index (χ3v) is 3.14. The molecule has 0 bridgehead atoms. The van der Waals surface area contributed by atoms with E-state index in [0.29, 0.717) is 22.0 Å². The second-order valence-corrected chi connectivity index (χ2v) is 4.68. The van der Waals surface area contributed by atoms with E-state index in [2.05, 4.69) is 5.32 Å². The Morgan fingerprint density at radius 3 is 2.76 bits per heavy atom. The lowest BCUT2D eigenvalue weighted by Crippen LogP contribution is -2.02.